The molecule has 1 unspecified atom stereocenters. The van der Waals surface area contributed by atoms with Crippen molar-refractivity contribution in [2.24, 2.45) is 10.9 Å². The van der Waals surface area contributed by atoms with Gasteiger partial charge in [0.25, 0.3) is 0 Å². The van der Waals surface area contributed by atoms with Crippen molar-refractivity contribution in [2.45, 2.75) is 25.5 Å². The number of hydrogen-bond acceptors (Lipinski definition) is 4. The van der Waals surface area contributed by atoms with E-state index in [0.717, 1.165) is 18.1 Å². The smallest absolute Gasteiger partial charge is 0.161 e. The molecule has 0 fully saturated rings. The highest BCUT2D eigenvalue weighted by atomic mass is 32.2. The molecular formula is C14H16FN3S. The van der Waals surface area contributed by atoms with Crippen LogP contribution < -0.4 is 5.32 Å². The van der Waals surface area contributed by atoms with Crippen LogP contribution in [0.15, 0.2) is 23.2 Å². The fourth-order valence-corrected chi connectivity index (χ4v) is 3.20. The number of thioether (sulfide) groups is 1. The summed E-state index contributed by atoms with van der Waals surface area (Å²) in [5.41, 5.74) is 0.692. The summed E-state index contributed by atoms with van der Waals surface area (Å²) in [6.07, 6.45) is 1.11. The molecule has 0 aliphatic carbocycles. The van der Waals surface area contributed by atoms with Crippen LogP contribution in [0.2, 0.25) is 0 Å². The van der Waals surface area contributed by atoms with E-state index in [2.05, 4.69) is 24.2 Å². The average molecular weight is 277 g/mol. The van der Waals surface area contributed by atoms with E-state index in [1.807, 2.05) is 6.07 Å². The maximum absolute atomic E-state index is 13.7. The zero-order valence-electron chi connectivity index (χ0n) is 11.0. The van der Waals surface area contributed by atoms with Gasteiger partial charge in [-0.25, -0.2) is 4.39 Å². The van der Waals surface area contributed by atoms with Gasteiger partial charge in [-0.15, -0.1) is 0 Å². The van der Waals surface area contributed by atoms with Gasteiger partial charge in [-0.3, -0.25) is 4.99 Å². The third-order valence-corrected chi connectivity index (χ3v) is 3.92. The first kappa shape index (κ1) is 13.9. The normalized spacial score (nSPS) is 18.3. The second kappa shape index (κ2) is 6.07. The van der Waals surface area contributed by atoms with E-state index in [9.17, 15) is 4.39 Å². The fourth-order valence-electron chi connectivity index (χ4n) is 1.94. The van der Waals surface area contributed by atoms with Crippen molar-refractivity contribution in [2.75, 3.05) is 11.9 Å². The molecule has 1 heterocycles. The highest BCUT2D eigenvalue weighted by Gasteiger charge is 2.21. The van der Waals surface area contributed by atoms with Gasteiger partial charge < -0.3 is 5.32 Å². The lowest BCUT2D eigenvalue weighted by Crippen LogP contribution is -2.10. The highest BCUT2D eigenvalue weighted by molar-refractivity contribution is 8.15. The number of anilines is 1. The second-order valence-electron chi connectivity index (χ2n) is 4.95. The Hall–Kier alpha value is -1.54. The largest absolute Gasteiger partial charge is 0.333 e. The summed E-state index contributed by atoms with van der Waals surface area (Å²) in [4.78, 5) is 4.39. The molecule has 19 heavy (non-hydrogen) atoms. The molecule has 1 aliphatic heterocycles. The summed E-state index contributed by atoms with van der Waals surface area (Å²) in [6.45, 7) is 5.15. The second-order valence-corrected chi connectivity index (χ2v) is 6.24. The predicted molar refractivity (Wildman–Crippen MR) is 77.9 cm³/mol. The predicted octanol–water partition coefficient (Wildman–Crippen LogP) is 3.63. The topological polar surface area (TPSA) is 48.2 Å². The molecule has 1 aliphatic rings. The van der Waals surface area contributed by atoms with Crippen molar-refractivity contribution in [1.82, 2.24) is 0 Å². The van der Waals surface area contributed by atoms with Crippen molar-refractivity contribution in [3.63, 3.8) is 0 Å². The number of nitrogens with one attached hydrogen (secondary N) is 1. The van der Waals surface area contributed by atoms with E-state index < -0.39 is 5.82 Å². The molecule has 1 atom stereocenters. The van der Waals surface area contributed by atoms with Gasteiger partial charge in [-0.2, -0.15) is 5.26 Å². The van der Waals surface area contributed by atoms with E-state index >= 15 is 0 Å². The fraction of sp³-hybridized carbons (Fsp3) is 0.429. The Morgan fingerprint density at radius 1 is 1.58 bits per heavy atom. The monoisotopic (exact) mass is 277 g/mol. The Morgan fingerprint density at radius 3 is 3.00 bits per heavy atom. The van der Waals surface area contributed by atoms with Crippen LogP contribution in [0.25, 0.3) is 0 Å². The van der Waals surface area contributed by atoms with Crippen molar-refractivity contribution in [1.29, 1.82) is 5.26 Å². The third-order valence-electron chi connectivity index (χ3n) is 2.79. The molecule has 3 nitrogen and oxygen atoms in total. The van der Waals surface area contributed by atoms with Crippen LogP contribution in [0.5, 0.6) is 0 Å². The first-order valence-electron chi connectivity index (χ1n) is 6.26. The van der Waals surface area contributed by atoms with Gasteiger partial charge in [0.15, 0.2) is 5.17 Å². The highest BCUT2D eigenvalue weighted by Crippen LogP contribution is 2.28. The quantitative estimate of drug-likeness (QED) is 0.917. The summed E-state index contributed by atoms with van der Waals surface area (Å²) in [5, 5.41) is 12.9. The van der Waals surface area contributed by atoms with Crippen LogP contribution in [0.4, 0.5) is 10.1 Å². The standard InChI is InChI=1S/C14H16FN3S/c1-9(2)5-11-8-17-14(19-11)18-13-4-3-10(7-16)6-12(13)15/h3-4,6,9,11H,5,8H2,1-2H3,(H,17,18). The zero-order chi connectivity index (χ0) is 13.8. The summed E-state index contributed by atoms with van der Waals surface area (Å²) in [7, 11) is 0. The Balaban J connectivity index is 1.98. The zero-order valence-corrected chi connectivity index (χ0v) is 11.8. The number of amidine groups is 1. The van der Waals surface area contributed by atoms with E-state index in [4.69, 9.17) is 5.26 Å². The molecule has 100 valence electrons. The van der Waals surface area contributed by atoms with Gasteiger partial charge in [0, 0.05) is 5.25 Å². The molecule has 0 radical (unpaired) electrons. The maximum Gasteiger partial charge on any atom is 0.161 e. The number of hydrogen-bond donors (Lipinski definition) is 1. The molecular weight excluding hydrogens is 261 g/mol. The average Bonchev–Trinajstić information content (AvgIpc) is 2.78. The molecule has 1 aromatic rings. The lowest BCUT2D eigenvalue weighted by atomic mass is 10.1. The minimum Gasteiger partial charge on any atom is -0.333 e. The summed E-state index contributed by atoms with van der Waals surface area (Å²) in [6, 6.07) is 6.31. The molecule has 0 saturated carbocycles. The SMILES string of the molecule is CC(C)CC1CN=C(Nc2ccc(C#N)cc2F)S1. The summed E-state index contributed by atoms with van der Waals surface area (Å²) < 4.78 is 13.7. The molecule has 0 amide bonds. The van der Waals surface area contributed by atoms with Crippen LogP contribution in [0.3, 0.4) is 0 Å². The maximum atomic E-state index is 13.7. The Kier molecular flexibility index (Phi) is 4.43. The van der Waals surface area contributed by atoms with Crippen LogP contribution in [-0.4, -0.2) is 17.0 Å². The Labute approximate surface area is 116 Å². The third kappa shape index (κ3) is 3.71. The number of benzene rings is 1. The molecule has 1 aromatic carbocycles. The molecule has 1 N–H and O–H groups in total. The van der Waals surface area contributed by atoms with Crippen molar-refractivity contribution >= 4 is 22.6 Å². The van der Waals surface area contributed by atoms with Gasteiger partial charge in [-0.05, 0) is 30.5 Å². The van der Waals surface area contributed by atoms with Crippen LogP contribution >= 0.6 is 11.8 Å². The van der Waals surface area contributed by atoms with Crippen molar-refractivity contribution in [3.8, 4) is 6.07 Å². The van der Waals surface area contributed by atoms with Gasteiger partial charge in [-0.1, -0.05) is 25.6 Å². The van der Waals surface area contributed by atoms with E-state index in [1.54, 1.807) is 23.9 Å². The molecule has 5 heteroatoms. The minimum atomic E-state index is -0.422. The first-order chi connectivity index (χ1) is 9.08. The molecule has 2 rings (SSSR count). The minimum absolute atomic E-state index is 0.321. The number of rotatable bonds is 3. The van der Waals surface area contributed by atoms with E-state index in [-0.39, 0.29) is 0 Å². The van der Waals surface area contributed by atoms with Gasteiger partial charge in [0.05, 0.1) is 23.9 Å². The number of nitrogens with zero attached hydrogens (tertiary/aromatic N) is 2. The van der Waals surface area contributed by atoms with Crippen molar-refractivity contribution in [3.05, 3.63) is 29.6 Å². The molecule has 0 spiro atoms. The number of aliphatic imine (C=N–C) groups is 1. The van der Waals surface area contributed by atoms with Gasteiger partial charge in [0.2, 0.25) is 0 Å². The number of halogens is 1. The van der Waals surface area contributed by atoms with Crippen LogP contribution in [0, 0.1) is 23.1 Å². The van der Waals surface area contributed by atoms with E-state index in [0.29, 0.717) is 22.4 Å². The van der Waals surface area contributed by atoms with Crippen molar-refractivity contribution < 1.29 is 4.39 Å². The molecule has 0 saturated heterocycles. The van der Waals surface area contributed by atoms with Gasteiger partial charge in [0.1, 0.15) is 5.82 Å². The van der Waals surface area contributed by atoms with Crippen LogP contribution in [-0.2, 0) is 0 Å². The molecule has 0 bridgehead atoms. The summed E-state index contributed by atoms with van der Waals surface area (Å²) >= 11 is 1.66. The lowest BCUT2D eigenvalue weighted by molar-refractivity contribution is 0.575. The Bertz CT molecular complexity index is 534. The van der Waals surface area contributed by atoms with Crippen LogP contribution in [0.1, 0.15) is 25.8 Å². The summed E-state index contributed by atoms with van der Waals surface area (Å²) in [5.74, 6) is 0.216. The van der Waals surface area contributed by atoms with E-state index in [1.165, 1.54) is 6.07 Å². The lowest BCUT2D eigenvalue weighted by Gasteiger charge is -2.11. The molecule has 0 aromatic heterocycles. The van der Waals surface area contributed by atoms with Gasteiger partial charge >= 0.3 is 0 Å². The number of nitriles is 1. The first-order valence-corrected chi connectivity index (χ1v) is 7.14. The Morgan fingerprint density at radius 2 is 2.37 bits per heavy atom.